The summed E-state index contributed by atoms with van der Waals surface area (Å²) in [7, 11) is -3.12. The summed E-state index contributed by atoms with van der Waals surface area (Å²) in [6.45, 7) is 0.835. The summed E-state index contributed by atoms with van der Waals surface area (Å²) in [5, 5.41) is 3.06. The lowest BCUT2D eigenvalue weighted by Gasteiger charge is -2.09. The number of nitrogens with one attached hydrogen (secondary N) is 2. The zero-order valence-corrected chi connectivity index (χ0v) is 11.8. The molecule has 0 amide bonds. The molecule has 1 aromatic rings. The van der Waals surface area contributed by atoms with Crippen molar-refractivity contribution in [3.8, 4) is 0 Å². The van der Waals surface area contributed by atoms with Gasteiger partial charge in [-0.05, 0) is 40.8 Å². The van der Waals surface area contributed by atoms with E-state index in [4.69, 9.17) is 5.73 Å². The van der Waals surface area contributed by atoms with Crippen molar-refractivity contribution in [1.29, 1.82) is 0 Å². The maximum atomic E-state index is 10.8. The first kappa shape index (κ1) is 13.5. The lowest BCUT2D eigenvalue weighted by atomic mass is 10.3. The van der Waals surface area contributed by atoms with Crippen molar-refractivity contribution < 1.29 is 8.42 Å². The van der Waals surface area contributed by atoms with Gasteiger partial charge in [0.25, 0.3) is 0 Å². The van der Waals surface area contributed by atoms with Gasteiger partial charge in [-0.15, -0.1) is 0 Å². The van der Waals surface area contributed by atoms with Crippen LogP contribution >= 0.6 is 22.6 Å². The third-order valence-corrected chi connectivity index (χ3v) is 3.22. The van der Waals surface area contributed by atoms with Gasteiger partial charge in [-0.25, -0.2) is 13.1 Å². The summed E-state index contributed by atoms with van der Waals surface area (Å²) in [6, 6.07) is 5.66. The summed E-state index contributed by atoms with van der Waals surface area (Å²) in [4.78, 5) is 0. The molecule has 0 heterocycles. The van der Waals surface area contributed by atoms with Crippen molar-refractivity contribution in [2.45, 2.75) is 0 Å². The van der Waals surface area contributed by atoms with Gasteiger partial charge >= 0.3 is 0 Å². The second-order valence-electron chi connectivity index (χ2n) is 3.32. The summed E-state index contributed by atoms with van der Waals surface area (Å²) >= 11 is 2.18. The lowest BCUT2D eigenvalue weighted by Crippen LogP contribution is -2.27. The molecular weight excluding hydrogens is 341 g/mol. The molecule has 90 valence electrons. The number of hydrogen-bond acceptors (Lipinski definition) is 4. The molecule has 1 rings (SSSR count). The highest BCUT2D eigenvalue weighted by Gasteiger charge is 2.01. The fourth-order valence-electron chi connectivity index (χ4n) is 1.13. The Labute approximate surface area is 109 Å². The first-order valence-electron chi connectivity index (χ1n) is 4.62. The van der Waals surface area contributed by atoms with E-state index in [1.807, 2.05) is 18.2 Å². The molecule has 0 aromatic heterocycles. The molecule has 16 heavy (non-hydrogen) atoms. The molecule has 4 N–H and O–H groups in total. The van der Waals surface area contributed by atoms with Crippen LogP contribution in [0.4, 0.5) is 11.4 Å². The maximum Gasteiger partial charge on any atom is 0.208 e. The number of rotatable bonds is 5. The highest BCUT2D eigenvalue weighted by Crippen LogP contribution is 2.20. The standard InChI is InChI=1S/C9H14IN3O2S/c1-16(14,15)13-5-4-12-9-3-2-7(10)6-8(9)11/h2-3,6,12-13H,4-5,11H2,1H3. The average molecular weight is 355 g/mol. The smallest absolute Gasteiger partial charge is 0.208 e. The number of halogens is 1. The van der Waals surface area contributed by atoms with Gasteiger partial charge in [-0.2, -0.15) is 0 Å². The quantitative estimate of drug-likeness (QED) is 0.415. The zero-order chi connectivity index (χ0) is 12.2. The van der Waals surface area contributed by atoms with E-state index in [9.17, 15) is 8.42 Å². The molecule has 0 aliphatic heterocycles. The maximum absolute atomic E-state index is 10.8. The van der Waals surface area contributed by atoms with Crippen LogP contribution in [0.5, 0.6) is 0 Å². The summed E-state index contributed by atoms with van der Waals surface area (Å²) in [6.07, 6.45) is 1.13. The second kappa shape index (κ2) is 5.69. The normalized spacial score (nSPS) is 11.4. The molecule has 0 atom stereocenters. The van der Waals surface area contributed by atoms with E-state index < -0.39 is 10.0 Å². The fourth-order valence-corrected chi connectivity index (χ4v) is 2.12. The fraction of sp³-hybridized carbons (Fsp3) is 0.333. The van der Waals surface area contributed by atoms with Gasteiger partial charge < -0.3 is 11.1 Å². The molecule has 7 heteroatoms. The van der Waals surface area contributed by atoms with Gasteiger partial charge in [-0.3, -0.25) is 0 Å². The molecule has 0 fully saturated rings. The third kappa shape index (κ3) is 4.99. The first-order chi connectivity index (χ1) is 7.38. The van der Waals surface area contributed by atoms with Crippen LogP contribution in [0.15, 0.2) is 18.2 Å². The van der Waals surface area contributed by atoms with Crippen LogP contribution in [-0.2, 0) is 10.0 Å². The van der Waals surface area contributed by atoms with Crippen LogP contribution < -0.4 is 15.8 Å². The largest absolute Gasteiger partial charge is 0.397 e. The molecule has 0 bridgehead atoms. The van der Waals surface area contributed by atoms with E-state index >= 15 is 0 Å². The van der Waals surface area contributed by atoms with E-state index in [0.29, 0.717) is 18.8 Å². The Morgan fingerprint density at radius 3 is 2.62 bits per heavy atom. The zero-order valence-electron chi connectivity index (χ0n) is 8.83. The average Bonchev–Trinajstić information content (AvgIpc) is 2.13. The Balaban J connectivity index is 2.43. The molecule has 0 aliphatic rings. The van der Waals surface area contributed by atoms with Crippen molar-refractivity contribution in [3.05, 3.63) is 21.8 Å². The number of nitrogen functional groups attached to an aromatic ring is 1. The SMILES string of the molecule is CS(=O)(=O)NCCNc1ccc(I)cc1N. The van der Waals surface area contributed by atoms with Crippen molar-refractivity contribution in [1.82, 2.24) is 4.72 Å². The summed E-state index contributed by atoms with van der Waals surface area (Å²) in [5.74, 6) is 0. The van der Waals surface area contributed by atoms with Crippen molar-refractivity contribution in [3.63, 3.8) is 0 Å². The molecule has 1 aromatic carbocycles. The van der Waals surface area contributed by atoms with Gasteiger partial charge in [0, 0.05) is 16.7 Å². The van der Waals surface area contributed by atoms with E-state index in [-0.39, 0.29) is 0 Å². The van der Waals surface area contributed by atoms with Gasteiger partial charge in [0.2, 0.25) is 10.0 Å². The molecular formula is C9H14IN3O2S. The third-order valence-electron chi connectivity index (χ3n) is 1.82. The first-order valence-corrected chi connectivity index (χ1v) is 7.59. The van der Waals surface area contributed by atoms with Crippen LogP contribution in [0, 0.1) is 3.57 Å². The summed E-state index contributed by atoms with van der Waals surface area (Å²) < 4.78 is 25.0. The monoisotopic (exact) mass is 355 g/mol. The number of sulfonamides is 1. The number of hydrogen-bond donors (Lipinski definition) is 3. The van der Waals surface area contributed by atoms with Crippen LogP contribution in [0.2, 0.25) is 0 Å². The highest BCUT2D eigenvalue weighted by atomic mass is 127. The van der Waals surface area contributed by atoms with Gasteiger partial charge in [-0.1, -0.05) is 0 Å². The molecule has 0 spiro atoms. The molecule has 0 unspecified atom stereocenters. The van der Waals surface area contributed by atoms with E-state index in [1.54, 1.807) is 0 Å². The number of benzene rings is 1. The lowest BCUT2D eigenvalue weighted by molar-refractivity contribution is 0.589. The topological polar surface area (TPSA) is 84.2 Å². The number of nitrogens with two attached hydrogens (primary N) is 1. The number of anilines is 2. The van der Waals surface area contributed by atoms with Crippen LogP contribution in [0.1, 0.15) is 0 Å². The van der Waals surface area contributed by atoms with Crippen molar-refractivity contribution in [2.24, 2.45) is 0 Å². The Morgan fingerprint density at radius 2 is 2.06 bits per heavy atom. The van der Waals surface area contributed by atoms with Gasteiger partial charge in [0.05, 0.1) is 17.6 Å². The van der Waals surface area contributed by atoms with Crippen molar-refractivity contribution in [2.75, 3.05) is 30.4 Å². The Kier molecular flexibility index (Phi) is 4.81. The predicted molar refractivity (Wildman–Crippen MR) is 74.9 cm³/mol. The van der Waals surface area contributed by atoms with Gasteiger partial charge in [0.1, 0.15) is 0 Å². The van der Waals surface area contributed by atoms with Crippen LogP contribution in [0.3, 0.4) is 0 Å². The Hall–Kier alpha value is -0.540. The van der Waals surface area contributed by atoms with Crippen LogP contribution in [-0.4, -0.2) is 27.8 Å². The van der Waals surface area contributed by atoms with E-state index in [1.165, 1.54) is 0 Å². The van der Waals surface area contributed by atoms with Crippen molar-refractivity contribution >= 4 is 44.0 Å². The molecule has 5 nitrogen and oxygen atoms in total. The minimum Gasteiger partial charge on any atom is -0.397 e. The molecule has 0 saturated carbocycles. The van der Waals surface area contributed by atoms with E-state index in [2.05, 4.69) is 32.6 Å². The highest BCUT2D eigenvalue weighted by molar-refractivity contribution is 14.1. The predicted octanol–water partition coefficient (Wildman–Crippen LogP) is 0.834. The minimum atomic E-state index is -3.12. The molecule has 0 aliphatic carbocycles. The van der Waals surface area contributed by atoms with Gasteiger partial charge in [0.15, 0.2) is 0 Å². The van der Waals surface area contributed by atoms with Crippen LogP contribution in [0.25, 0.3) is 0 Å². The minimum absolute atomic E-state index is 0.338. The van der Waals surface area contributed by atoms with E-state index in [0.717, 1.165) is 15.5 Å². The Morgan fingerprint density at radius 1 is 1.38 bits per heavy atom. The Bertz CT molecular complexity index is 462. The molecule has 0 radical (unpaired) electrons. The second-order valence-corrected chi connectivity index (χ2v) is 6.40. The summed E-state index contributed by atoms with van der Waals surface area (Å²) in [5.41, 5.74) is 7.26. The molecule has 0 saturated heterocycles.